The Kier molecular flexibility index (Phi) is 3.35. The lowest BCUT2D eigenvalue weighted by Gasteiger charge is -2.21. The van der Waals surface area contributed by atoms with Crippen LogP contribution in [0.25, 0.3) is 0 Å². The smallest absolute Gasteiger partial charge is 0.122 e. The number of pyridine rings is 1. The molecule has 0 aromatic carbocycles. The second-order valence-corrected chi connectivity index (χ2v) is 3.55. The third-order valence-corrected chi connectivity index (χ3v) is 2.48. The predicted octanol–water partition coefficient (Wildman–Crippen LogP) is 1.89. The zero-order valence-corrected chi connectivity index (χ0v) is 8.19. The van der Waals surface area contributed by atoms with Gasteiger partial charge in [0.15, 0.2) is 0 Å². The fraction of sp³-hybridized carbons (Fsp3) is 0.545. The molecule has 1 aliphatic rings. The van der Waals surface area contributed by atoms with Crippen molar-refractivity contribution >= 4 is 0 Å². The molecule has 1 fully saturated rings. The Labute approximate surface area is 84.1 Å². The number of nitrogens with zero attached hydrogens (tertiary/aromatic N) is 1. The van der Waals surface area contributed by atoms with Crippen LogP contribution in [0.3, 0.4) is 0 Å². The van der Waals surface area contributed by atoms with Crippen LogP contribution in [0.1, 0.15) is 12.8 Å². The van der Waals surface area contributed by atoms with Gasteiger partial charge < -0.3 is 9.47 Å². The summed E-state index contributed by atoms with van der Waals surface area (Å²) in [6.07, 6.45) is 5.73. The van der Waals surface area contributed by atoms with Crippen molar-refractivity contribution in [3.05, 3.63) is 24.5 Å². The Morgan fingerprint density at radius 2 is 2.00 bits per heavy atom. The molecular weight excluding hydrogens is 178 g/mol. The van der Waals surface area contributed by atoms with Gasteiger partial charge in [0.2, 0.25) is 0 Å². The highest BCUT2D eigenvalue weighted by molar-refractivity contribution is 5.16. The van der Waals surface area contributed by atoms with E-state index in [-0.39, 0.29) is 0 Å². The number of hydrogen-bond donors (Lipinski definition) is 0. The van der Waals surface area contributed by atoms with Crippen molar-refractivity contribution in [2.24, 2.45) is 5.92 Å². The molecule has 0 radical (unpaired) electrons. The maximum Gasteiger partial charge on any atom is 0.122 e. The summed E-state index contributed by atoms with van der Waals surface area (Å²) in [5.41, 5.74) is 0. The SMILES string of the molecule is c1cc(OCC2CCOCC2)ccn1. The van der Waals surface area contributed by atoms with E-state index < -0.39 is 0 Å². The second-order valence-electron chi connectivity index (χ2n) is 3.55. The van der Waals surface area contributed by atoms with Crippen molar-refractivity contribution in [1.29, 1.82) is 0 Å². The lowest BCUT2D eigenvalue weighted by atomic mass is 10.0. The van der Waals surface area contributed by atoms with Gasteiger partial charge in [-0.2, -0.15) is 0 Å². The Morgan fingerprint density at radius 1 is 1.29 bits per heavy atom. The van der Waals surface area contributed by atoms with E-state index in [1.807, 2.05) is 12.1 Å². The fourth-order valence-electron chi connectivity index (χ4n) is 1.56. The molecule has 1 aromatic heterocycles. The molecule has 0 aliphatic carbocycles. The van der Waals surface area contributed by atoms with E-state index in [1.54, 1.807) is 12.4 Å². The minimum atomic E-state index is 0.650. The molecule has 1 aromatic rings. The Bertz CT molecular complexity index is 257. The maximum atomic E-state index is 5.65. The summed E-state index contributed by atoms with van der Waals surface area (Å²) in [6.45, 7) is 2.56. The van der Waals surface area contributed by atoms with Crippen LogP contribution in [0.4, 0.5) is 0 Å². The van der Waals surface area contributed by atoms with Crippen molar-refractivity contribution in [3.63, 3.8) is 0 Å². The quantitative estimate of drug-likeness (QED) is 0.734. The summed E-state index contributed by atoms with van der Waals surface area (Å²) in [5, 5.41) is 0. The third-order valence-electron chi connectivity index (χ3n) is 2.48. The summed E-state index contributed by atoms with van der Waals surface area (Å²) < 4.78 is 10.9. The average Bonchev–Trinajstić information content (AvgIpc) is 2.29. The van der Waals surface area contributed by atoms with Crippen molar-refractivity contribution in [1.82, 2.24) is 4.98 Å². The van der Waals surface area contributed by atoms with Gasteiger partial charge in [-0.1, -0.05) is 0 Å². The molecule has 2 heterocycles. The van der Waals surface area contributed by atoms with E-state index in [0.29, 0.717) is 5.92 Å². The van der Waals surface area contributed by atoms with E-state index in [9.17, 15) is 0 Å². The first-order valence-electron chi connectivity index (χ1n) is 5.06. The number of aromatic nitrogens is 1. The van der Waals surface area contributed by atoms with Gasteiger partial charge >= 0.3 is 0 Å². The predicted molar refractivity (Wildman–Crippen MR) is 53.3 cm³/mol. The molecule has 2 rings (SSSR count). The van der Waals surface area contributed by atoms with Crippen LogP contribution in [-0.4, -0.2) is 24.8 Å². The Hall–Kier alpha value is -1.09. The third kappa shape index (κ3) is 2.70. The fourth-order valence-corrected chi connectivity index (χ4v) is 1.56. The summed E-state index contributed by atoms with van der Waals surface area (Å²) in [5.74, 6) is 1.56. The first kappa shape index (κ1) is 9.46. The molecule has 0 atom stereocenters. The van der Waals surface area contributed by atoms with Gasteiger partial charge in [-0.3, -0.25) is 4.98 Å². The van der Waals surface area contributed by atoms with Gasteiger partial charge in [0.25, 0.3) is 0 Å². The van der Waals surface area contributed by atoms with Gasteiger partial charge in [0.1, 0.15) is 5.75 Å². The van der Waals surface area contributed by atoms with E-state index >= 15 is 0 Å². The summed E-state index contributed by atoms with van der Waals surface area (Å²) in [7, 11) is 0. The second kappa shape index (κ2) is 4.96. The van der Waals surface area contributed by atoms with Crippen LogP contribution >= 0.6 is 0 Å². The first-order chi connectivity index (χ1) is 6.95. The van der Waals surface area contributed by atoms with Crippen LogP contribution in [0.5, 0.6) is 5.75 Å². The largest absolute Gasteiger partial charge is 0.493 e. The lowest BCUT2D eigenvalue weighted by Crippen LogP contribution is -2.21. The zero-order valence-electron chi connectivity index (χ0n) is 8.19. The van der Waals surface area contributed by atoms with Crippen LogP contribution in [0, 0.1) is 5.92 Å². The summed E-state index contributed by atoms with van der Waals surface area (Å²) >= 11 is 0. The van der Waals surface area contributed by atoms with Crippen LogP contribution in [0.15, 0.2) is 24.5 Å². The first-order valence-corrected chi connectivity index (χ1v) is 5.06. The molecule has 1 saturated heterocycles. The molecular formula is C11H15NO2. The van der Waals surface area contributed by atoms with Crippen LogP contribution < -0.4 is 4.74 Å². The number of hydrogen-bond acceptors (Lipinski definition) is 3. The minimum absolute atomic E-state index is 0.650. The topological polar surface area (TPSA) is 31.4 Å². The molecule has 0 amide bonds. The molecule has 3 nitrogen and oxygen atoms in total. The highest BCUT2D eigenvalue weighted by Gasteiger charge is 2.13. The highest BCUT2D eigenvalue weighted by Crippen LogP contribution is 2.16. The molecule has 76 valence electrons. The standard InChI is InChI=1S/C11H15NO2/c1-5-12-6-2-11(1)14-9-10-3-7-13-8-4-10/h1-2,5-6,10H,3-4,7-9H2. The molecule has 0 unspecified atom stereocenters. The van der Waals surface area contributed by atoms with E-state index in [1.165, 1.54) is 0 Å². The zero-order chi connectivity index (χ0) is 9.64. The maximum absolute atomic E-state index is 5.65. The van der Waals surface area contributed by atoms with Crippen molar-refractivity contribution < 1.29 is 9.47 Å². The van der Waals surface area contributed by atoms with Gasteiger partial charge in [-0.25, -0.2) is 0 Å². The lowest BCUT2D eigenvalue weighted by molar-refractivity contribution is 0.0497. The minimum Gasteiger partial charge on any atom is -0.493 e. The van der Waals surface area contributed by atoms with Crippen LogP contribution in [0.2, 0.25) is 0 Å². The Morgan fingerprint density at radius 3 is 2.71 bits per heavy atom. The van der Waals surface area contributed by atoms with E-state index in [4.69, 9.17) is 9.47 Å². The molecule has 0 spiro atoms. The highest BCUT2D eigenvalue weighted by atomic mass is 16.5. The molecule has 14 heavy (non-hydrogen) atoms. The van der Waals surface area contributed by atoms with E-state index in [2.05, 4.69) is 4.98 Å². The average molecular weight is 193 g/mol. The molecule has 0 saturated carbocycles. The summed E-state index contributed by atoms with van der Waals surface area (Å²) in [6, 6.07) is 3.78. The molecule has 0 bridgehead atoms. The number of rotatable bonds is 3. The molecule has 0 N–H and O–H groups in total. The van der Waals surface area contributed by atoms with Gasteiger partial charge in [0, 0.05) is 25.6 Å². The Balaban J connectivity index is 1.76. The molecule has 1 aliphatic heterocycles. The van der Waals surface area contributed by atoms with Gasteiger partial charge in [-0.15, -0.1) is 0 Å². The van der Waals surface area contributed by atoms with Crippen molar-refractivity contribution in [2.45, 2.75) is 12.8 Å². The van der Waals surface area contributed by atoms with Gasteiger partial charge in [0.05, 0.1) is 6.61 Å². The van der Waals surface area contributed by atoms with E-state index in [0.717, 1.165) is 38.4 Å². The number of ether oxygens (including phenoxy) is 2. The van der Waals surface area contributed by atoms with Gasteiger partial charge in [-0.05, 0) is 30.9 Å². The van der Waals surface area contributed by atoms with Crippen molar-refractivity contribution in [2.75, 3.05) is 19.8 Å². The van der Waals surface area contributed by atoms with Crippen LogP contribution in [-0.2, 0) is 4.74 Å². The summed E-state index contributed by atoms with van der Waals surface area (Å²) in [4.78, 5) is 3.94. The molecule has 3 heteroatoms. The monoisotopic (exact) mass is 193 g/mol. The van der Waals surface area contributed by atoms with Crippen molar-refractivity contribution in [3.8, 4) is 5.75 Å². The normalized spacial score (nSPS) is 18.0.